The lowest BCUT2D eigenvalue weighted by molar-refractivity contribution is -0.0803. The van der Waals surface area contributed by atoms with Crippen molar-refractivity contribution in [2.75, 3.05) is 26.8 Å². The van der Waals surface area contributed by atoms with Gasteiger partial charge >= 0.3 is 0 Å². The summed E-state index contributed by atoms with van der Waals surface area (Å²) in [6, 6.07) is 16.0. The summed E-state index contributed by atoms with van der Waals surface area (Å²) < 4.78 is 11.5. The number of nitrogens with zero attached hydrogens (tertiary/aromatic N) is 1. The van der Waals surface area contributed by atoms with Gasteiger partial charge in [-0.15, -0.1) is 0 Å². The van der Waals surface area contributed by atoms with E-state index in [0.29, 0.717) is 19.7 Å². The first-order chi connectivity index (χ1) is 14.1. The molecule has 3 rings (SSSR count). The summed E-state index contributed by atoms with van der Waals surface area (Å²) in [6.07, 6.45) is 2.12. The molecule has 5 nitrogen and oxygen atoms in total. The monoisotopic (exact) mass is 399 g/mol. The molecule has 2 N–H and O–H groups in total. The number of aliphatic hydroxyl groups is 2. The van der Waals surface area contributed by atoms with Gasteiger partial charge < -0.3 is 19.7 Å². The minimum Gasteiger partial charge on any atom is -0.496 e. The van der Waals surface area contributed by atoms with Crippen LogP contribution in [0.4, 0.5) is 0 Å². The lowest BCUT2D eigenvalue weighted by Gasteiger charge is -2.44. The summed E-state index contributed by atoms with van der Waals surface area (Å²) in [4.78, 5) is 2.23. The molecule has 1 aliphatic rings. The Morgan fingerprint density at radius 2 is 1.97 bits per heavy atom. The van der Waals surface area contributed by atoms with E-state index in [4.69, 9.17) is 9.47 Å². The average molecular weight is 400 g/mol. The fraction of sp³-hybridized carbons (Fsp3) is 0.500. The molecule has 1 saturated heterocycles. The molecule has 2 aromatic carbocycles. The highest BCUT2D eigenvalue weighted by Crippen LogP contribution is 2.37. The van der Waals surface area contributed by atoms with Crippen molar-refractivity contribution in [2.24, 2.45) is 5.41 Å². The Morgan fingerprint density at radius 3 is 2.62 bits per heavy atom. The Kier molecular flexibility index (Phi) is 7.53. The quantitative estimate of drug-likeness (QED) is 0.674. The lowest BCUT2D eigenvalue weighted by Crippen LogP contribution is -2.52. The molecule has 0 amide bonds. The van der Waals surface area contributed by atoms with E-state index in [9.17, 15) is 10.2 Å². The van der Waals surface area contributed by atoms with Crippen molar-refractivity contribution in [1.29, 1.82) is 0 Å². The zero-order valence-corrected chi connectivity index (χ0v) is 17.5. The van der Waals surface area contributed by atoms with Gasteiger partial charge in [-0.2, -0.15) is 0 Å². The van der Waals surface area contributed by atoms with E-state index < -0.39 is 6.10 Å². The van der Waals surface area contributed by atoms with Gasteiger partial charge in [0.15, 0.2) is 0 Å². The van der Waals surface area contributed by atoms with Crippen LogP contribution in [0.2, 0.25) is 0 Å². The van der Waals surface area contributed by atoms with E-state index >= 15 is 0 Å². The number of piperidine rings is 1. The third-order valence-corrected chi connectivity index (χ3v) is 6.03. The number of methoxy groups -OCH3 is 1. The summed E-state index contributed by atoms with van der Waals surface area (Å²) in [5, 5.41) is 20.5. The molecule has 0 aliphatic carbocycles. The summed E-state index contributed by atoms with van der Waals surface area (Å²) in [7, 11) is 1.67. The number of benzene rings is 2. The molecule has 2 atom stereocenters. The van der Waals surface area contributed by atoms with Crippen molar-refractivity contribution in [1.82, 2.24) is 4.90 Å². The molecule has 2 aromatic rings. The van der Waals surface area contributed by atoms with Gasteiger partial charge in [0.25, 0.3) is 0 Å². The van der Waals surface area contributed by atoms with Gasteiger partial charge in [-0.25, -0.2) is 0 Å². The number of rotatable bonds is 9. The summed E-state index contributed by atoms with van der Waals surface area (Å²) in [5.74, 6) is 1.56. The lowest BCUT2D eigenvalue weighted by atomic mass is 9.73. The maximum atomic E-state index is 10.7. The van der Waals surface area contributed by atoms with Crippen molar-refractivity contribution < 1.29 is 19.7 Å². The van der Waals surface area contributed by atoms with Crippen molar-refractivity contribution >= 4 is 0 Å². The van der Waals surface area contributed by atoms with Gasteiger partial charge in [0.2, 0.25) is 0 Å². The van der Waals surface area contributed by atoms with Crippen LogP contribution in [0.15, 0.2) is 48.5 Å². The van der Waals surface area contributed by atoms with Crippen molar-refractivity contribution in [3.05, 3.63) is 59.7 Å². The predicted octanol–water partition coefficient (Wildman–Crippen LogP) is 3.62. The van der Waals surface area contributed by atoms with E-state index in [0.717, 1.165) is 48.4 Å². The SMILES string of the molecule is CCC[C@]1(CO)CCN(Cc2ccc(OCc3ccccc3)cc2OC)C[C@H]1O. The molecule has 1 heterocycles. The number of ether oxygens (including phenoxy) is 2. The zero-order chi connectivity index (χ0) is 20.7. The summed E-state index contributed by atoms with van der Waals surface area (Å²) in [5.41, 5.74) is 1.83. The van der Waals surface area contributed by atoms with Crippen LogP contribution in [0.1, 0.15) is 37.3 Å². The Balaban J connectivity index is 1.62. The Hall–Kier alpha value is -2.08. The number of likely N-dealkylation sites (tertiary alicyclic amines) is 1. The molecular weight excluding hydrogens is 366 g/mol. The molecule has 0 spiro atoms. The fourth-order valence-electron chi connectivity index (χ4n) is 4.20. The van der Waals surface area contributed by atoms with Gasteiger partial charge in [-0.3, -0.25) is 4.90 Å². The third-order valence-electron chi connectivity index (χ3n) is 6.03. The molecular formula is C24H33NO4. The van der Waals surface area contributed by atoms with Gasteiger partial charge in [0.1, 0.15) is 18.1 Å². The van der Waals surface area contributed by atoms with Crippen LogP contribution in [0.25, 0.3) is 0 Å². The normalized spacial score (nSPS) is 22.4. The Morgan fingerprint density at radius 1 is 1.17 bits per heavy atom. The first-order valence-corrected chi connectivity index (χ1v) is 10.4. The zero-order valence-electron chi connectivity index (χ0n) is 17.5. The van der Waals surface area contributed by atoms with E-state index in [1.54, 1.807) is 7.11 Å². The molecule has 29 heavy (non-hydrogen) atoms. The van der Waals surface area contributed by atoms with E-state index in [2.05, 4.69) is 11.8 Å². The molecule has 1 fully saturated rings. The standard InChI is InChI=1S/C24H33NO4/c1-3-11-24(18-26)12-13-25(16-23(24)27)15-20-9-10-21(14-22(20)28-2)29-17-19-7-5-4-6-8-19/h4-10,14,23,26-27H,3,11-13,15-18H2,1-2H3/t23-,24-/m1/s1. The number of β-amino-alcohol motifs (C(OH)–C–C–N with tert-alkyl or cyclic N) is 1. The number of aliphatic hydroxyl groups excluding tert-OH is 2. The van der Waals surface area contributed by atoms with Crippen LogP contribution >= 0.6 is 0 Å². The highest BCUT2D eigenvalue weighted by Gasteiger charge is 2.41. The van der Waals surface area contributed by atoms with Gasteiger partial charge in [-0.05, 0) is 31.0 Å². The largest absolute Gasteiger partial charge is 0.496 e. The van der Waals surface area contributed by atoms with Gasteiger partial charge in [-0.1, -0.05) is 49.7 Å². The molecule has 1 aliphatic heterocycles. The molecule has 5 heteroatoms. The van der Waals surface area contributed by atoms with Gasteiger partial charge in [0, 0.05) is 30.1 Å². The van der Waals surface area contributed by atoms with E-state index in [1.807, 2.05) is 48.5 Å². The Bertz CT molecular complexity index is 767. The molecule has 0 radical (unpaired) electrons. The maximum Gasteiger partial charge on any atom is 0.127 e. The number of hydrogen-bond acceptors (Lipinski definition) is 5. The topological polar surface area (TPSA) is 62.2 Å². The third kappa shape index (κ3) is 5.30. The second-order valence-corrected chi connectivity index (χ2v) is 8.02. The molecule has 0 unspecified atom stereocenters. The fourth-order valence-corrected chi connectivity index (χ4v) is 4.20. The van der Waals surface area contributed by atoms with Crippen LogP contribution in [0, 0.1) is 5.41 Å². The van der Waals surface area contributed by atoms with Crippen molar-refractivity contribution in [3.8, 4) is 11.5 Å². The maximum absolute atomic E-state index is 10.7. The molecule has 158 valence electrons. The number of hydrogen-bond donors (Lipinski definition) is 2. The molecule has 0 aromatic heterocycles. The smallest absolute Gasteiger partial charge is 0.127 e. The van der Waals surface area contributed by atoms with Crippen molar-refractivity contribution in [2.45, 2.75) is 45.4 Å². The van der Waals surface area contributed by atoms with Crippen LogP contribution in [-0.2, 0) is 13.2 Å². The van der Waals surface area contributed by atoms with Gasteiger partial charge in [0.05, 0.1) is 19.8 Å². The predicted molar refractivity (Wildman–Crippen MR) is 114 cm³/mol. The first-order valence-electron chi connectivity index (χ1n) is 10.4. The average Bonchev–Trinajstić information content (AvgIpc) is 2.76. The van der Waals surface area contributed by atoms with Crippen LogP contribution in [0.5, 0.6) is 11.5 Å². The van der Waals surface area contributed by atoms with Crippen molar-refractivity contribution in [3.63, 3.8) is 0 Å². The van der Waals surface area contributed by atoms with E-state index in [-0.39, 0.29) is 12.0 Å². The van der Waals surface area contributed by atoms with E-state index in [1.165, 1.54) is 0 Å². The van der Waals surface area contributed by atoms with Crippen LogP contribution in [-0.4, -0.2) is 48.0 Å². The molecule has 0 bridgehead atoms. The highest BCUT2D eigenvalue weighted by molar-refractivity contribution is 5.41. The second-order valence-electron chi connectivity index (χ2n) is 8.02. The highest BCUT2D eigenvalue weighted by atomic mass is 16.5. The Labute approximate surface area is 173 Å². The summed E-state index contributed by atoms with van der Waals surface area (Å²) in [6.45, 7) is 4.79. The van der Waals surface area contributed by atoms with Crippen LogP contribution in [0.3, 0.4) is 0 Å². The second kappa shape index (κ2) is 10.1. The molecule has 0 saturated carbocycles. The summed E-state index contributed by atoms with van der Waals surface area (Å²) >= 11 is 0. The minimum absolute atomic E-state index is 0.0482. The first kappa shape index (κ1) is 21.6. The van der Waals surface area contributed by atoms with Crippen LogP contribution < -0.4 is 9.47 Å². The minimum atomic E-state index is -0.513.